The van der Waals surface area contributed by atoms with Crippen LogP contribution in [0.3, 0.4) is 0 Å². The number of hydrogen-bond acceptors (Lipinski definition) is 4. The molecule has 45 heavy (non-hydrogen) atoms. The Labute approximate surface area is 282 Å². The summed E-state index contributed by atoms with van der Waals surface area (Å²) in [5.41, 5.74) is 0. The van der Waals surface area contributed by atoms with Crippen LogP contribution in [-0.4, -0.2) is 47.8 Å². The monoisotopic (exact) mass is 636 g/mol. The van der Waals surface area contributed by atoms with Gasteiger partial charge < -0.3 is 10.0 Å². The Morgan fingerprint density at radius 3 is 1.07 bits per heavy atom. The number of aliphatic hydroxyl groups is 1. The lowest BCUT2D eigenvalue weighted by Gasteiger charge is -2.24. The van der Waals surface area contributed by atoms with Crippen LogP contribution in [0.25, 0.3) is 0 Å². The van der Waals surface area contributed by atoms with Gasteiger partial charge in [0.25, 0.3) is 0 Å². The Morgan fingerprint density at radius 2 is 0.756 bits per heavy atom. The third-order valence-corrected chi connectivity index (χ3v) is 9.74. The Hall–Kier alpha value is -0.740. The van der Waals surface area contributed by atoms with Gasteiger partial charge in [0.15, 0.2) is 0 Å². The van der Waals surface area contributed by atoms with Gasteiger partial charge in [0, 0.05) is 26.0 Å². The third-order valence-electron chi connectivity index (χ3n) is 9.74. The van der Waals surface area contributed by atoms with Crippen molar-refractivity contribution in [2.24, 2.45) is 5.92 Å². The summed E-state index contributed by atoms with van der Waals surface area (Å²) in [5, 5.41) is 9.30. The molecule has 0 aliphatic carbocycles. The van der Waals surface area contributed by atoms with E-state index in [1.807, 2.05) is 0 Å². The maximum Gasteiger partial charge on any atom is 0.143 e. The molecule has 0 aliphatic heterocycles. The first-order chi connectivity index (χ1) is 22.1. The molecule has 0 aromatic heterocycles. The second-order valence-corrected chi connectivity index (χ2v) is 14.2. The van der Waals surface area contributed by atoms with E-state index >= 15 is 0 Å². The summed E-state index contributed by atoms with van der Waals surface area (Å²) in [5.74, 6) is -0.0408. The third kappa shape index (κ3) is 30.3. The maximum atomic E-state index is 13.3. The summed E-state index contributed by atoms with van der Waals surface area (Å²) in [7, 11) is 0. The summed E-state index contributed by atoms with van der Waals surface area (Å²) in [4.78, 5) is 29.0. The van der Waals surface area contributed by atoms with Gasteiger partial charge in [-0.15, -0.1) is 0 Å². The van der Waals surface area contributed by atoms with Gasteiger partial charge in [0.1, 0.15) is 11.6 Å². The number of unbranched alkanes of at least 4 members (excludes halogenated alkanes) is 24. The summed E-state index contributed by atoms with van der Waals surface area (Å²) in [6, 6.07) is 0. The zero-order chi connectivity index (χ0) is 33.1. The highest BCUT2D eigenvalue weighted by Crippen LogP contribution is 2.19. The molecular formula is C41H81NO3. The SMILES string of the molecule is CCCCCCCCCCCCCCCC(=O)C(CCN(CCC)CCCO)C(=O)CCCCCCCCCCCCCCC. The summed E-state index contributed by atoms with van der Waals surface area (Å²) >= 11 is 0. The summed E-state index contributed by atoms with van der Waals surface area (Å²) < 4.78 is 0. The maximum absolute atomic E-state index is 13.3. The fourth-order valence-corrected chi connectivity index (χ4v) is 6.74. The molecular weight excluding hydrogens is 554 g/mol. The quantitative estimate of drug-likeness (QED) is 0.0541. The predicted molar refractivity (Wildman–Crippen MR) is 197 cm³/mol. The van der Waals surface area contributed by atoms with Crippen LogP contribution in [0.1, 0.15) is 220 Å². The van der Waals surface area contributed by atoms with Crippen molar-refractivity contribution in [2.45, 2.75) is 220 Å². The van der Waals surface area contributed by atoms with Crippen LogP contribution >= 0.6 is 0 Å². The number of nitrogens with zero attached hydrogens (tertiary/aromatic N) is 1. The smallest absolute Gasteiger partial charge is 0.143 e. The molecule has 4 nitrogen and oxygen atoms in total. The average Bonchev–Trinajstić information content (AvgIpc) is 3.04. The minimum Gasteiger partial charge on any atom is -0.396 e. The molecule has 0 bridgehead atoms. The molecule has 0 heterocycles. The first kappa shape index (κ1) is 44.3. The van der Waals surface area contributed by atoms with Crippen LogP contribution in [0.5, 0.6) is 0 Å². The van der Waals surface area contributed by atoms with Crippen LogP contribution < -0.4 is 0 Å². The van der Waals surface area contributed by atoms with Crippen LogP contribution in [0.4, 0.5) is 0 Å². The molecule has 0 radical (unpaired) electrons. The number of carbonyl (C=O) groups excluding carboxylic acids is 2. The normalized spacial score (nSPS) is 11.7. The fraction of sp³-hybridized carbons (Fsp3) is 0.951. The van der Waals surface area contributed by atoms with E-state index in [9.17, 15) is 14.7 Å². The molecule has 4 heteroatoms. The molecule has 0 unspecified atom stereocenters. The Balaban J connectivity index is 4.32. The van der Waals surface area contributed by atoms with Gasteiger partial charge in [0.2, 0.25) is 0 Å². The van der Waals surface area contributed by atoms with Gasteiger partial charge in [-0.05, 0) is 45.2 Å². The molecule has 0 aromatic carbocycles. The molecule has 0 saturated carbocycles. The van der Waals surface area contributed by atoms with Crippen LogP contribution in [0.2, 0.25) is 0 Å². The van der Waals surface area contributed by atoms with Crippen LogP contribution in [0.15, 0.2) is 0 Å². The van der Waals surface area contributed by atoms with Crippen molar-refractivity contribution in [2.75, 3.05) is 26.2 Å². The van der Waals surface area contributed by atoms with E-state index in [4.69, 9.17) is 0 Å². The highest BCUT2D eigenvalue weighted by molar-refractivity contribution is 6.02. The number of rotatable bonds is 38. The lowest BCUT2D eigenvalue weighted by Crippen LogP contribution is -2.33. The first-order valence-electron chi connectivity index (χ1n) is 20.5. The van der Waals surface area contributed by atoms with E-state index in [1.165, 1.54) is 141 Å². The molecule has 1 N–H and O–H groups in total. The van der Waals surface area contributed by atoms with Crippen LogP contribution in [-0.2, 0) is 9.59 Å². The average molecular weight is 636 g/mol. The van der Waals surface area contributed by atoms with Gasteiger partial charge in [-0.3, -0.25) is 9.59 Å². The van der Waals surface area contributed by atoms with Crippen molar-refractivity contribution < 1.29 is 14.7 Å². The topological polar surface area (TPSA) is 57.6 Å². The summed E-state index contributed by atoms with van der Waals surface area (Å²) in [6.07, 6.45) is 37.4. The molecule has 0 rings (SSSR count). The number of Topliss-reactive ketones (excluding diaryl/α,β-unsaturated/α-hetero) is 2. The predicted octanol–water partition coefficient (Wildman–Crippen LogP) is 12.2. The molecule has 0 aromatic rings. The van der Waals surface area contributed by atoms with Crippen LogP contribution in [0, 0.1) is 5.92 Å². The first-order valence-corrected chi connectivity index (χ1v) is 20.5. The van der Waals surface area contributed by atoms with E-state index in [0.29, 0.717) is 19.3 Å². The fourth-order valence-electron chi connectivity index (χ4n) is 6.74. The lowest BCUT2D eigenvalue weighted by atomic mass is 9.88. The van der Waals surface area contributed by atoms with E-state index in [2.05, 4.69) is 25.7 Å². The molecule has 0 saturated heterocycles. The van der Waals surface area contributed by atoms with Crippen molar-refractivity contribution in [1.29, 1.82) is 0 Å². The minimum absolute atomic E-state index is 0.191. The van der Waals surface area contributed by atoms with E-state index in [1.54, 1.807) is 0 Å². The van der Waals surface area contributed by atoms with Crippen molar-refractivity contribution in [1.82, 2.24) is 4.90 Å². The number of ketones is 2. The second kappa shape index (κ2) is 36.1. The van der Waals surface area contributed by atoms with E-state index in [0.717, 1.165) is 58.2 Å². The minimum atomic E-state index is -0.423. The van der Waals surface area contributed by atoms with E-state index in [-0.39, 0.29) is 18.2 Å². The molecule has 0 amide bonds. The van der Waals surface area contributed by atoms with Gasteiger partial charge in [-0.2, -0.15) is 0 Å². The second-order valence-electron chi connectivity index (χ2n) is 14.2. The summed E-state index contributed by atoms with van der Waals surface area (Å²) in [6.45, 7) is 9.51. The Bertz CT molecular complexity index is 580. The number of aliphatic hydroxyl groups excluding tert-OH is 1. The Kier molecular flexibility index (Phi) is 35.5. The zero-order valence-electron chi connectivity index (χ0n) is 31.0. The van der Waals surface area contributed by atoms with Gasteiger partial charge in [-0.1, -0.05) is 175 Å². The molecule has 0 aliphatic rings. The molecule has 0 atom stereocenters. The number of carbonyl (C=O) groups is 2. The van der Waals surface area contributed by atoms with Crippen molar-refractivity contribution in [3.8, 4) is 0 Å². The van der Waals surface area contributed by atoms with Crippen molar-refractivity contribution in [3.05, 3.63) is 0 Å². The lowest BCUT2D eigenvalue weighted by molar-refractivity contribution is -0.133. The standard InChI is InChI=1S/C41H81NO3/c1-4-7-9-11-13-15-17-19-21-23-25-27-29-32-40(44)39(34-37-42(35-6-3)36-31-38-43)41(45)33-30-28-26-24-22-20-18-16-14-12-10-8-5-2/h39,43H,4-38H2,1-3H3. The van der Waals surface area contributed by atoms with E-state index < -0.39 is 5.92 Å². The molecule has 0 fully saturated rings. The van der Waals surface area contributed by atoms with Gasteiger partial charge in [0.05, 0.1) is 5.92 Å². The zero-order valence-corrected chi connectivity index (χ0v) is 31.0. The highest BCUT2D eigenvalue weighted by atomic mass is 16.3. The largest absolute Gasteiger partial charge is 0.396 e. The van der Waals surface area contributed by atoms with Gasteiger partial charge in [-0.25, -0.2) is 0 Å². The molecule has 268 valence electrons. The number of hydrogen-bond donors (Lipinski definition) is 1. The van der Waals surface area contributed by atoms with Crippen molar-refractivity contribution in [3.63, 3.8) is 0 Å². The van der Waals surface area contributed by atoms with Crippen molar-refractivity contribution >= 4 is 11.6 Å². The van der Waals surface area contributed by atoms with Gasteiger partial charge >= 0.3 is 0 Å². The Morgan fingerprint density at radius 1 is 0.422 bits per heavy atom. The molecule has 0 spiro atoms. The highest BCUT2D eigenvalue weighted by Gasteiger charge is 2.26.